The van der Waals surface area contributed by atoms with Crippen LogP contribution in [0.4, 0.5) is 0 Å². The highest BCUT2D eigenvalue weighted by Gasteiger charge is 2.24. The molecule has 0 N–H and O–H groups in total. The third kappa shape index (κ3) is 2.04. The van der Waals surface area contributed by atoms with Crippen LogP contribution in [0.15, 0.2) is 16.6 Å². The van der Waals surface area contributed by atoms with Crippen molar-refractivity contribution in [3.8, 4) is 5.75 Å². The van der Waals surface area contributed by atoms with Crippen LogP contribution >= 0.6 is 15.9 Å². The van der Waals surface area contributed by atoms with Crippen molar-refractivity contribution in [2.75, 3.05) is 13.2 Å². The molecular weight excluding hydrogens is 256 g/mol. The third-order valence-electron chi connectivity index (χ3n) is 2.96. The zero-order valence-corrected chi connectivity index (χ0v) is 10.0. The highest BCUT2D eigenvalue weighted by Crippen LogP contribution is 2.34. The summed E-state index contributed by atoms with van der Waals surface area (Å²) in [6.07, 6.45) is 3.72. The van der Waals surface area contributed by atoms with Gasteiger partial charge >= 0.3 is 0 Å². The van der Waals surface area contributed by atoms with Crippen LogP contribution in [-0.4, -0.2) is 19.3 Å². The van der Waals surface area contributed by atoms with Gasteiger partial charge in [0.25, 0.3) is 0 Å². The van der Waals surface area contributed by atoms with E-state index in [-0.39, 0.29) is 0 Å². The van der Waals surface area contributed by atoms with Crippen LogP contribution in [0, 0.1) is 0 Å². The number of epoxide rings is 1. The molecule has 15 heavy (non-hydrogen) atoms. The van der Waals surface area contributed by atoms with Gasteiger partial charge < -0.3 is 9.47 Å². The van der Waals surface area contributed by atoms with Crippen molar-refractivity contribution in [2.24, 2.45) is 0 Å². The predicted octanol–water partition coefficient (Wildman–Crippen LogP) is 2.72. The van der Waals surface area contributed by atoms with Crippen molar-refractivity contribution in [3.05, 3.63) is 27.7 Å². The lowest BCUT2D eigenvalue weighted by Gasteiger charge is -2.08. The summed E-state index contributed by atoms with van der Waals surface area (Å²) in [5.74, 6) is 1.12. The normalized spacial score (nSPS) is 22.3. The Kier molecular flexibility index (Phi) is 2.45. The Balaban J connectivity index is 1.84. The molecule has 1 aromatic rings. The van der Waals surface area contributed by atoms with E-state index < -0.39 is 0 Å². The first-order chi connectivity index (χ1) is 7.33. The van der Waals surface area contributed by atoms with E-state index in [9.17, 15) is 0 Å². The second-order valence-electron chi connectivity index (χ2n) is 4.15. The fourth-order valence-corrected chi connectivity index (χ4v) is 2.64. The van der Waals surface area contributed by atoms with E-state index in [1.165, 1.54) is 15.6 Å². The van der Waals surface area contributed by atoms with Gasteiger partial charge in [-0.3, -0.25) is 0 Å². The first kappa shape index (κ1) is 9.67. The van der Waals surface area contributed by atoms with Crippen molar-refractivity contribution in [1.29, 1.82) is 0 Å². The van der Waals surface area contributed by atoms with E-state index in [0.717, 1.165) is 38.2 Å². The van der Waals surface area contributed by atoms with Crippen molar-refractivity contribution in [3.63, 3.8) is 0 Å². The Morgan fingerprint density at radius 2 is 2.27 bits per heavy atom. The van der Waals surface area contributed by atoms with Gasteiger partial charge in [-0.1, -0.05) is 15.9 Å². The molecule has 0 amide bonds. The summed E-state index contributed by atoms with van der Waals surface area (Å²) in [6, 6.07) is 4.34. The summed E-state index contributed by atoms with van der Waals surface area (Å²) in [5, 5.41) is 0. The molecule has 1 aromatic carbocycles. The van der Waals surface area contributed by atoms with Gasteiger partial charge in [0.2, 0.25) is 0 Å². The molecular formula is C12H13BrO2. The van der Waals surface area contributed by atoms with Gasteiger partial charge in [-0.15, -0.1) is 0 Å². The number of halogens is 1. The molecule has 0 radical (unpaired) electrons. The Morgan fingerprint density at radius 1 is 1.40 bits per heavy atom. The Morgan fingerprint density at radius 3 is 3.07 bits per heavy atom. The predicted molar refractivity (Wildman–Crippen MR) is 61.4 cm³/mol. The maximum Gasteiger partial charge on any atom is 0.125 e. The molecule has 2 aliphatic rings. The molecule has 2 aliphatic heterocycles. The minimum absolute atomic E-state index is 0.501. The number of rotatable bonds is 3. The van der Waals surface area contributed by atoms with E-state index in [1.54, 1.807) is 0 Å². The van der Waals surface area contributed by atoms with Crippen LogP contribution < -0.4 is 4.74 Å². The zero-order valence-electron chi connectivity index (χ0n) is 8.46. The van der Waals surface area contributed by atoms with E-state index in [0.29, 0.717) is 6.10 Å². The number of ether oxygens (including phenoxy) is 2. The average Bonchev–Trinajstić information content (AvgIpc) is 2.92. The smallest absolute Gasteiger partial charge is 0.125 e. The van der Waals surface area contributed by atoms with Gasteiger partial charge in [0.05, 0.1) is 19.3 Å². The maximum absolute atomic E-state index is 5.68. The minimum Gasteiger partial charge on any atom is -0.493 e. The molecule has 3 rings (SSSR count). The van der Waals surface area contributed by atoms with Gasteiger partial charge in [0.1, 0.15) is 5.75 Å². The topological polar surface area (TPSA) is 21.8 Å². The van der Waals surface area contributed by atoms with Crippen LogP contribution in [0.5, 0.6) is 5.75 Å². The first-order valence-electron chi connectivity index (χ1n) is 5.38. The Bertz CT molecular complexity index is 385. The summed E-state index contributed by atoms with van der Waals surface area (Å²) in [4.78, 5) is 0. The lowest BCUT2D eigenvalue weighted by molar-refractivity contribution is 0.351. The standard InChI is InChI=1S/C12H13BrO2/c13-10-5-8(1-2-11-7-15-11)12-9(6-10)3-4-14-12/h5-6,11H,1-4,7H2. The molecule has 0 aromatic heterocycles. The fourth-order valence-electron chi connectivity index (χ4n) is 2.08. The van der Waals surface area contributed by atoms with Crippen molar-refractivity contribution >= 4 is 15.9 Å². The monoisotopic (exact) mass is 268 g/mol. The summed E-state index contributed by atoms with van der Waals surface area (Å²) in [6.45, 7) is 1.77. The molecule has 0 bridgehead atoms. The van der Waals surface area contributed by atoms with Gasteiger partial charge in [0.15, 0.2) is 0 Å². The highest BCUT2D eigenvalue weighted by molar-refractivity contribution is 9.10. The van der Waals surface area contributed by atoms with E-state index >= 15 is 0 Å². The number of benzene rings is 1. The molecule has 1 atom stereocenters. The van der Waals surface area contributed by atoms with Gasteiger partial charge in [-0.2, -0.15) is 0 Å². The minimum atomic E-state index is 0.501. The number of hydrogen-bond acceptors (Lipinski definition) is 2. The second-order valence-corrected chi connectivity index (χ2v) is 5.06. The van der Waals surface area contributed by atoms with Crippen LogP contribution in [-0.2, 0) is 17.6 Å². The SMILES string of the molecule is Brc1cc2c(c(CCC3CO3)c1)OCC2. The Labute approximate surface area is 97.7 Å². The molecule has 80 valence electrons. The van der Waals surface area contributed by atoms with E-state index in [1.807, 2.05) is 0 Å². The largest absolute Gasteiger partial charge is 0.493 e. The number of aryl methyl sites for hydroxylation is 1. The van der Waals surface area contributed by atoms with Crippen LogP contribution in [0.25, 0.3) is 0 Å². The Hall–Kier alpha value is -0.540. The van der Waals surface area contributed by atoms with Crippen molar-refractivity contribution in [2.45, 2.75) is 25.4 Å². The summed E-state index contributed by atoms with van der Waals surface area (Å²) in [7, 11) is 0. The molecule has 1 fully saturated rings. The highest BCUT2D eigenvalue weighted by atomic mass is 79.9. The average molecular weight is 269 g/mol. The van der Waals surface area contributed by atoms with Crippen molar-refractivity contribution in [1.82, 2.24) is 0 Å². The molecule has 2 heterocycles. The molecule has 2 nitrogen and oxygen atoms in total. The summed E-state index contributed by atoms with van der Waals surface area (Å²) in [5.41, 5.74) is 2.67. The van der Waals surface area contributed by atoms with Gasteiger partial charge in [-0.05, 0) is 36.1 Å². The number of hydrogen-bond donors (Lipinski definition) is 0. The third-order valence-corrected chi connectivity index (χ3v) is 3.42. The molecule has 0 spiro atoms. The second kappa shape index (κ2) is 3.80. The van der Waals surface area contributed by atoms with Gasteiger partial charge in [-0.25, -0.2) is 0 Å². The van der Waals surface area contributed by atoms with Crippen LogP contribution in [0.2, 0.25) is 0 Å². The fraction of sp³-hybridized carbons (Fsp3) is 0.500. The summed E-state index contributed by atoms with van der Waals surface area (Å²) < 4.78 is 12.1. The summed E-state index contributed by atoms with van der Waals surface area (Å²) >= 11 is 3.55. The zero-order chi connectivity index (χ0) is 10.3. The molecule has 1 unspecified atom stereocenters. The lowest BCUT2D eigenvalue weighted by Crippen LogP contribution is -1.95. The maximum atomic E-state index is 5.68. The first-order valence-corrected chi connectivity index (χ1v) is 6.18. The van der Waals surface area contributed by atoms with E-state index in [2.05, 4.69) is 28.1 Å². The van der Waals surface area contributed by atoms with E-state index in [4.69, 9.17) is 9.47 Å². The van der Waals surface area contributed by atoms with Gasteiger partial charge in [0, 0.05) is 10.9 Å². The number of fused-ring (bicyclic) bond motifs is 1. The van der Waals surface area contributed by atoms with Crippen molar-refractivity contribution < 1.29 is 9.47 Å². The molecule has 1 saturated heterocycles. The van der Waals surface area contributed by atoms with Crippen LogP contribution in [0.3, 0.4) is 0 Å². The molecule has 0 aliphatic carbocycles. The molecule has 0 saturated carbocycles. The van der Waals surface area contributed by atoms with Crippen LogP contribution in [0.1, 0.15) is 17.5 Å². The lowest BCUT2D eigenvalue weighted by atomic mass is 10.0. The molecule has 3 heteroatoms. The quantitative estimate of drug-likeness (QED) is 0.787.